The summed E-state index contributed by atoms with van der Waals surface area (Å²) >= 11 is 0. The van der Waals surface area contributed by atoms with Crippen LogP contribution in [0.3, 0.4) is 0 Å². The van der Waals surface area contributed by atoms with E-state index in [-0.39, 0.29) is 6.10 Å². The number of hydrogen-bond acceptors (Lipinski definition) is 2. The maximum absolute atomic E-state index is 10.3. The van der Waals surface area contributed by atoms with Crippen molar-refractivity contribution in [2.75, 3.05) is 0 Å². The molecule has 0 saturated heterocycles. The van der Waals surface area contributed by atoms with Crippen molar-refractivity contribution in [2.24, 2.45) is 0 Å². The van der Waals surface area contributed by atoms with Crippen LogP contribution in [0, 0.1) is 0 Å². The molecule has 142 valence electrons. The van der Waals surface area contributed by atoms with Crippen LogP contribution in [-0.2, 0) is 11.3 Å². The molecule has 0 amide bonds. The molecule has 0 saturated carbocycles. The topological polar surface area (TPSA) is 29.5 Å². The number of benzene rings is 1. The van der Waals surface area contributed by atoms with Gasteiger partial charge in [-0.2, -0.15) is 0 Å². The molecule has 0 unspecified atom stereocenters. The molecule has 1 N–H and O–H groups in total. The summed E-state index contributed by atoms with van der Waals surface area (Å²) < 4.78 is 5.81. The van der Waals surface area contributed by atoms with E-state index in [1.54, 1.807) is 6.08 Å². The number of aliphatic hydroxyl groups excluding tert-OH is 1. The number of aliphatic hydroxyl groups is 1. The average molecular weight is 347 g/mol. The standard InChI is InChI=1S/C23H38O2/c1-3-5-6-7-8-9-10-11-12-16-19-22(24)23(4-2)25-20-21-17-14-13-15-18-21/h4,13-15,17-18,22-24H,2-3,5-12,16,19-20H2,1H3/t22-,23-/m1/s1. The van der Waals surface area contributed by atoms with E-state index in [0.717, 1.165) is 18.4 Å². The van der Waals surface area contributed by atoms with Crippen LogP contribution in [0.2, 0.25) is 0 Å². The van der Waals surface area contributed by atoms with Crippen molar-refractivity contribution in [3.05, 3.63) is 48.6 Å². The highest BCUT2D eigenvalue weighted by molar-refractivity contribution is 5.13. The number of unbranched alkanes of at least 4 members (excludes halogenated alkanes) is 9. The number of hydrogen-bond donors (Lipinski definition) is 1. The summed E-state index contributed by atoms with van der Waals surface area (Å²) in [5.41, 5.74) is 1.13. The first-order valence-electron chi connectivity index (χ1n) is 10.2. The summed E-state index contributed by atoms with van der Waals surface area (Å²) in [6.45, 7) is 6.59. The van der Waals surface area contributed by atoms with Crippen molar-refractivity contribution in [3.63, 3.8) is 0 Å². The van der Waals surface area contributed by atoms with E-state index in [1.807, 2.05) is 30.3 Å². The highest BCUT2D eigenvalue weighted by Gasteiger charge is 2.16. The molecule has 2 heteroatoms. The first kappa shape index (κ1) is 21.9. The zero-order valence-corrected chi connectivity index (χ0v) is 16.2. The lowest BCUT2D eigenvalue weighted by Gasteiger charge is -2.20. The van der Waals surface area contributed by atoms with Crippen molar-refractivity contribution >= 4 is 0 Å². The van der Waals surface area contributed by atoms with Crippen LogP contribution in [0.1, 0.15) is 83.1 Å². The summed E-state index contributed by atoms with van der Waals surface area (Å²) in [5.74, 6) is 0. The Hall–Kier alpha value is -1.12. The van der Waals surface area contributed by atoms with Gasteiger partial charge in [0.05, 0.1) is 12.7 Å². The van der Waals surface area contributed by atoms with Gasteiger partial charge in [0, 0.05) is 0 Å². The van der Waals surface area contributed by atoms with Gasteiger partial charge in [0.15, 0.2) is 0 Å². The lowest BCUT2D eigenvalue weighted by atomic mass is 10.0. The van der Waals surface area contributed by atoms with E-state index in [2.05, 4.69) is 13.5 Å². The highest BCUT2D eigenvalue weighted by Crippen LogP contribution is 2.15. The summed E-state index contributed by atoms with van der Waals surface area (Å²) in [6.07, 6.45) is 14.9. The minimum Gasteiger partial charge on any atom is -0.390 e. The second-order valence-corrected chi connectivity index (χ2v) is 7.03. The van der Waals surface area contributed by atoms with E-state index in [4.69, 9.17) is 4.74 Å². The Bertz CT molecular complexity index is 415. The Labute approximate surface area is 155 Å². The first-order chi connectivity index (χ1) is 12.3. The van der Waals surface area contributed by atoms with Gasteiger partial charge >= 0.3 is 0 Å². The molecule has 0 heterocycles. The third-order valence-electron chi connectivity index (χ3n) is 4.75. The molecule has 0 aliphatic carbocycles. The van der Waals surface area contributed by atoms with E-state index in [9.17, 15) is 5.11 Å². The molecule has 0 spiro atoms. The van der Waals surface area contributed by atoms with Crippen LogP contribution < -0.4 is 0 Å². The summed E-state index contributed by atoms with van der Waals surface area (Å²) in [6, 6.07) is 10.1. The molecule has 2 atom stereocenters. The Morgan fingerprint density at radius 1 is 0.920 bits per heavy atom. The van der Waals surface area contributed by atoms with E-state index < -0.39 is 6.10 Å². The maximum atomic E-state index is 10.3. The van der Waals surface area contributed by atoms with Crippen LogP contribution in [0.15, 0.2) is 43.0 Å². The van der Waals surface area contributed by atoms with Crippen LogP contribution in [0.25, 0.3) is 0 Å². The van der Waals surface area contributed by atoms with Gasteiger partial charge in [-0.05, 0) is 12.0 Å². The molecular formula is C23H38O2. The van der Waals surface area contributed by atoms with Gasteiger partial charge in [0.25, 0.3) is 0 Å². The second kappa shape index (κ2) is 15.2. The lowest BCUT2D eigenvalue weighted by Crippen LogP contribution is -2.26. The van der Waals surface area contributed by atoms with E-state index >= 15 is 0 Å². The second-order valence-electron chi connectivity index (χ2n) is 7.03. The SMILES string of the molecule is C=C[C@@H](OCc1ccccc1)[C@H](O)CCCCCCCCCCCC. The molecule has 0 fully saturated rings. The van der Waals surface area contributed by atoms with Crippen LogP contribution in [-0.4, -0.2) is 17.3 Å². The van der Waals surface area contributed by atoms with Gasteiger partial charge in [0.1, 0.15) is 6.10 Å². The van der Waals surface area contributed by atoms with Gasteiger partial charge in [-0.15, -0.1) is 6.58 Å². The summed E-state index contributed by atoms with van der Waals surface area (Å²) in [4.78, 5) is 0. The molecule has 0 radical (unpaired) electrons. The van der Waals surface area contributed by atoms with E-state index in [1.165, 1.54) is 57.8 Å². The molecular weight excluding hydrogens is 308 g/mol. The molecule has 0 bridgehead atoms. The fourth-order valence-corrected chi connectivity index (χ4v) is 3.11. The van der Waals surface area contributed by atoms with Crippen molar-refractivity contribution in [1.29, 1.82) is 0 Å². The van der Waals surface area contributed by atoms with E-state index in [0.29, 0.717) is 6.61 Å². The van der Waals surface area contributed by atoms with Crippen molar-refractivity contribution in [1.82, 2.24) is 0 Å². The van der Waals surface area contributed by atoms with Crippen LogP contribution in [0.5, 0.6) is 0 Å². The van der Waals surface area contributed by atoms with Crippen LogP contribution in [0.4, 0.5) is 0 Å². The number of rotatable bonds is 16. The van der Waals surface area contributed by atoms with Crippen molar-refractivity contribution in [2.45, 2.75) is 96.4 Å². The van der Waals surface area contributed by atoms with Crippen molar-refractivity contribution in [3.8, 4) is 0 Å². The van der Waals surface area contributed by atoms with Crippen molar-refractivity contribution < 1.29 is 9.84 Å². The third kappa shape index (κ3) is 11.2. The summed E-state index contributed by atoms with van der Waals surface area (Å²) in [7, 11) is 0. The molecule has 0 aliphatic rings. The monoisotopic (exact) mass is 346 g/mol. The lowest BCUT2D eigenvalue weighted by molar-refractivity contribution is -0.0223. The quantitative estimate of drug-likeness (QED) is 0.276. The minimum atomic E-state index is -0.449. The summed E-state index contributed by atoms with van der Waals surface area (Å²) in [5, 5.41) is 10.3. The van der Waals surface area contributed by atoms with Gasteiger partial charge < -0.3 is 9.84 Å². The minimum absolute atomic E-state index is 0.279. The first-order valence-corrected chi connectivity index (χ1v) is 10.2. The molecule has 2 nitrogen and oxygen atoms in total. The van der Waals surface area contributed by atoms with Gasteiger partial charge in [-0.25, -0.2) is 0 Å². The zero-order chi connectivity index (χ0) is 18.2. The zero-order valence-electron chi connectivity index (χ0n) is 16.2. The Balaban J connectivity index is 2.03. The molecule has 25 heavy (non-hydrogen) atoms. The highest BCUT2D eigenvalue weighted by atomic mass is 16.5. The predicted molar refractivity (Wildman–Crippen MR) is 108 cm³/mol. The molecule has 0 aromatic heterocycles. The maximum Gasteiger partial charge on any atom is 0.102 e. The van der Waals surface area contributed by atoms with Crippen LogP contribution >= 0.6 is 0 Å². The molecule has 1 rings (SSSR count). The largest absolute Gasteiger partial charge is 0.390 e. The Morgan fingerprint density at radius 2 is 1.48 bits per heavy atom. The number of ether oxygens (including phenoxy) is 1. The fourth-order valence-electron chi connectivity index (χ4n) is 3.11. The Morgan fingerprint density at radius 3 is 2.04 bits per heavy atom. The molecule has 1 aromatic rings. The molecule has 1 aromatic carbocycles. The average Bonchev–Trinajstić information content (AvgIpc) is 2.64. The predicted octanol–water partition coefficient (Wildman–Crippen LogP) is 6.43. The third-order valence-corrected chi connectivity index (χ3v) is 4.75. The van der Waals surface area contributed by atoms with Gasteiger partial charge in [-0.1, -0.05) is 108 Å². The smallest absolute Gasteiger partial charge is 0.102 e. The van der Waals surface area contributed by atoms with Gasteiger partial charge in [-0.3, -0.25) is 0 Å². The fraction of sp³-hybridized carbons (Fsp3) is 0.652. The Kier molecular flexibility index (Phi) is 13.3. The molecule has 0 aliphatic heterocycles. The normalized spacial score (nSPS) is 13.5. The van der Waals surface area contributed by atoms with Gasteiger partial charge in [0.2, 0.25) is 0 Å².